The van der Waals surface area contributed by atoms with Crippen molar-refractivity contribution in [2.75, 3.05) is 29.9 Å². The van der Waals surface area contributed by atoms with E-state index in [-0.39, 0.29) is 28.6 Å². The Morgan fingerprint density at radius 1 is 1.31 bits per heavy atom. The molecule has 0 radical (unpaired) electrons. The highest BCUT2D eigenvalue weighted by molar-refractivity contribution is 6.33. The van der Waals surface area contributed by atoms with Gasteiger partial charge in [-0.2, -0.15) is 13.2 Å². The van der Waals surface area contributed by atoms with Crippen molar-refractivity contribution >= 4 is 35.1 Å². The maximum Gasteiger partial charge on any atom is 0.422 e. The molecule has 0 unspecified atom stereocenters. The number of alkyl halides is 3. The van der Waals surface area contributed by atoms with Crippen LogP contribution in [0, 0.1) is 0 Å². The van der Waals surface area contributed by atoms with Crippen LogP contribution < -0.4 is 20.3 Å². The number of rotatable bonds is 7. The van der Waals surface area contributed by atoms with Gasteiger partial charge in [0.05, 0.1) is 11.2 Å². The third-order valence-corrected chi connectivity index (χ3v) is 4.91. The summed E-state index contributed by atoms with van der Waals surface area (Å²) in [5, 5.41) is 5.67. The van der Waals surface area contributed by atoms with Crippen molar-refractivity contribution in [2.45, 2.75) is 32.0 Å². The molecule has 1 atom stereocenters. The third-order valence-electron chi connectivity index (χ3n) is 4.63. The second-order valence-corrected chi connectivity index (χ2v) is 7.52. The molecule has 8 nitrogen and oxygen atoms in total. The van der Waals surface area contributed by atoms with Crippen LogP contribution in [0.3, 0.4) is 0 Å². The van der Waals surface area contributed by atoms with Crippen molar-refractivity contribution in [1.82, 2.24) is 15.3 Å². The van der Waals surface area contributed by atoms with E-state index in [2.05, 4.69) is 25.3 Å². The highest BCUT2D eigenvalue weighted by atomic mass is 35.5. The van der Waals surface area contributed by atoms with Gasteiger partial charge in [-0.3, -0.25) is 9.59 Å². The lowest BCUT2D eigenvalue weighted by Crippen LogP contribution is -2.37. The molecule has 2 aromatic heterocycles. The van der Waals surface area contributed by atoms with E-state index in [1.165, 1.54) is 24.5 Å². The van der Waals surface area contributed by atoms with Gasteiger partial charge in [0.15, 0.2) is 6.61 Å². The summed E-state index contributed by atoms with van der Waals surface area (Å²) in [6.45, 7) is 1.25. The van der Waals surface area contributed by atoms with Gasteiger partial charge >= 0.3 is 6.18 Å². The molecular formula is C20H21ClF3N5O3. The molecule has 1 aliphatic heterocycles. The molecule has 2 aromatic rings. The third kappa shape index (κ3) is 6.46. The van der Waals surface area contributed by atoms with Crippen LogP contribution in [0.1, 0.15) is 30.1 Å². The number of nitrogens with one attached hydrogen (secondary N) is 2. The van der Waals surface area contributed by atoms with E-state index in [0.29, 0.717) is 43.1 Å². The maximum atomic E-state index is 12.6. The zero-order valence-electron chi connectivity index (χ0n) is 17.1. The summed E-state index contributed by atoms with van der Waals surface area (Å²) in [4.78, 5) is 34.1. The molecule has 0 bridgehead atoms. The lowest BCUT2D eigenvalue weighted by atomic mass is 10.2. The van der Waals surface area contributed by atoms with E-state index in [4.69, 9.17) is 11.6 Å². The molecular weight excluding hydrogens is 451 g/mol. The van der Waals surface area contributed by atoms with E-state index in [9.17, 15) is 22.8 Å². The lowest BCUT2D eigenvalue weighted by molar-refractivity contribution is -0.153. The fraction of sp³-hybridized carbons (Fsp3) is 0.400. The summed E-state index contributed by atoms with van der Waals surface area (Å²) in [5.41, 5.74) is 0.354. The normalized spacial score (nSPS) is 16.0. The van der Waals surface area contributed by atoms with Crippen LogP contribution in [0.5, 0.6) is 5.75 Å². The van der Waals surface area contributed by atoms with E-state index in [1.807, 2.05) is 4.90 Å². The minimum absolute atomic E-state index is 0.0798. The Bertz CT molecular complexity index is 989. The first-order valence-corrected chi connectivity index (χ1v) is 10.2. The second kappa shape index (κ2) is 10.0. The highest BCUT2D eigenvalue weighted by Crippen LogP contribution is 2.30. The topological polar surface area (TPSA) is 96.5 Å². The molecule has 2 amide bonds. The van der Waals surface area contributed by atoms with Crippen LogP contribution >= 0.6 is 11.6 Å². The summed E-state index contributed by atoms with van der Waals surface area (Å²) in [6, 6.07) is 4.13. The summed E-state index contributed by atoms with van der Waals surface area (Å²) in [5.74, 6) is 0.0864. The molecule has 2 N–H and O–H groups in total. The van der Waals surface area contributed by atoms with Gasteiger partial charge in [-0.15, -0.1) is 0 Å². The molecule has 1 aliphatic rings. The number of halogens is 4. The fourth-order valence-electron chi connectivity index (χ4n) is 3.10. The molecule has 32 heavy (non-hydrogen) atoms. The van der Waals surface area contributed by atoms with Gasteiger partial charge in [-0.1, -0.05) is 18.5 Å². The molecule has 1 fully saturated rings. The van der Waals surface area contributed by atoms with Crippen molar-refractivity contribution in [3.63, 3.8) is 0 Å². The Hall–Kier alpha value is -3.08. The number of carbonyl (C=O) groups excluding carboxylic acids is 2. The van der Waals surface area contributed by atoms with Crippen LogP contribution in [-0.4, -0.2) is 53.7 Å². The van der Waals surface area contributed by atoms with E-state index < -0.39 is 12.8 Å². The van der Waals surface area contributed by atoms with E-state index in [1.54, 1.807) is 13.0 Å². The number of ether oxygens (including phenoxy) is 1. The van der Waals surface area contributed by atoms with E-state index >= 15 is 0 Å². The van der Waals surface area contributed by atoms with Crippen LogP contribution in [0.2, 0.25) is 5.02 Å². The lowest BCUT2D eigenvalue weighted by Gasteiger charge is -2.20. The van der Waals surface area contributed by atoms with Crippen molar-refractivity contribution < 1.29 is 27.5 Å². The smallest absolute Gasteiger partial charge is 0.422 e. The molecule has 3 rings (SSSR count). The Morgan fingerprint density at radius 3 is 2.78 bits per heavy atom. The largest absolute Gasteiger partial charge is 0.482 e. The molecule has 0 spiro atoms. The van der Waals surface area contributed by atoms with Crippen molar-refractivity contribution in [1.29, 1.82) is 0 Å². The number of carbonyl (C=O) groups is 2. The zero-order chi connectivity index (χ0) is 23.3. The average Bonchev–Trinajstić information content (AvgIpc) is 3.20. The quantitative estimate of drug-likeness (QED) is 0.642. The molecule has 1 saturated heterocycles. The molecule has 0 aliphatic carbocycles. The van der Waals surface area contributed by atoms with Crippen molar-refractivity contribution in [3.05, 3.63) is 41.2 Å². The zero-order valence-corrected chi connectivity index (χ0v) is 17.8. The molecule has 172 valence electrons. The standard InChI is InChI=1S/C20H21ClF3N5O3/c1-2-17(30)28-16-7-12(3-5-25-16)19(31)27-13-4-6-29(10-13)18-15(21)8-14(9-26-18)32-11-20(22,23)24/h3,5,7-9,13H,2,4,6,10-11H2,1H3,(H,27,31)(H,25,28,30)/t13-/m1/s1. The first-order chi connectivity index (χ1) is 15.1. The summed E-state index contributed by atoms with van der Waals surface area (Å²) >= 11 is 6.19. The van der Waals surface area contributed by atoms with Gasteiger partial charge in [0, 0.05) is 43.4 Å². The molecule has 0 saturated carbocycles. The number of hydrogen-bond donors (Lipinski definition) is 2. The minimum atomic E-state index is -4.46. The number of aromatic nitrogens is 2. The first kappa shape index (κ1) is 23.6. The molecule has 0 aromatic carbocycles. The SMILES string of the molecule is CCC(=O)Nc1cc(C(=O)N[C@@H]2CCN(c3ncc(OCC(F)(F)F)cc3Cl)C2)ccn1. The van der Waals surface area contributed by atoms with Crippen LogP contribution in [0.25, 0.3) is 0 Å². The van der Waals surface area contributed by atoms with Crippen LogP contribution in [-0.2, 0) is 4.79 Å². The number of amides is 2. The minimum Gasteiger partial charge on any atom is -0.482 e. The molecule has 12 heteroatoms. The van der Waals surface area contributed by atoms with Gasteiger partial charge < -0.3 is 20.3 Å². The Labute approximate surface area is 187 Å². The van der Waals surface area contributed by atoms with Gasteiger partial charge in [0.25, 0.3) is 5.91 Å². The van der Waals surface area contributed by atoms with Crippen molar-refractivity contribution in [3.8, 4) is 5.75 Å². The number of nitrogens with zero attached hydrogens (tertiary/aromatic N) is 3. The van der Waals surface area contributed by atoms with Gasteiger partial charge in [0.1, 0.15) is 17.4 Å². The summed E-state index contributed by atoms with van der Waals surface area (Å²) < 4.78 is 41.5. The van der Waals surface area contributed by atoms with Gasteiger partial charge in [-0.05, 0) is 18.6 Å². The predicted octanol–water partition coefficient (Wildman–Crippen LogP) is 3.43. The highest BCUT2D eigenvalue weighted by Gasteiger charge is 2.29. The van der Waals surface area contributed by atoms with Crippen LogP contribution in [0.4, 0.5) is 24.8 Å². The van der Waals surface area contributed by atoms with Crippen LogP contribution in [0.15, 0.2) is 30.6 Å². The van der Waals surface area contributed by atoms with Crippen molar-refractivity contribution in [2.24, 2.45) is 0 Å². The Kier molecular flexibility index (Phi) is 7.39. The maximum absolute atomic E-state index is 12.6. The second-order valence-electron chi connectivity index (χ2n) is 7.12. The average molecular weight is 472 g/mol. The number of anilines is 2. The van der Waals surface area contributed by atoms with Gasteiger partial charge in [0.2, 0.25) is 5.91 Å². The Balaban J connectivity index is 1.58. The molecule has 3 heterocycles. The Morgan fingerprint density at radius 2 is 2.09 bits per heavy atom. The fourth-order valence-corrected chi connectivity index (χ4v) is 3.38. The first-order valence-electron chi connectivity index (χ1n) is 9.81. The number of hydrogen-bond acceptors (Lipinski definition) is 6. The van der Waals surface area contributed by atoms with E-state index in [0.717, 1.165) is 0 Å². The number of pyridine rings is 2. The monoisotopic (exact) mass is 471 g/mol. The predicted molar refractivity (Wildman–Crippen MR) is 112 cm³/mol. The van der Waals surface area contributed by atoms with Gasteiger partial charge in [-0.25, -0.2) is 9.97 Å². The summed E-state index contributed by atoms with van der Waals surface area (Å²) in [7, 11) is 0. The summed E-state index contributed by atoms with van der Waals surface area (Å²) in [6.07, 6.45) is -0.916.